The molecule has 0 aromatic heterocycles. The number of carbonyl (C=O) groups excluding carboxylic acids is 1. The van der Waals surface area contributed by atoms with Crippen LogP contribution in [0, 0.1) is 5.41 Å². The molecule has 1 aromatic rings. The molecule has 0 fully saturated rings. The number of amides is 1. The Balaban J connectivity index is 3.37. The molecule has 0 heterocycles. The summed E-state index contributed by atoms with van der Waals surface area (Å²) in [6.45, 7) is 0. The van der Waals surface area contributed by atoms with Gasteiger partial charge in [0.15, 0.2) is 0 Å². The molecule has 0 aliphatic rings. The molecule has 14 heavy (non-hydrogen) atoms. The Morgan fingerprint density at radius 3 is 2.71 bits per heavy atom. The van der Waals surface area contributed by atoms with Crippen molar-refractivity contribution in [2.45, 2.75) is 0 Å². The second-order valence-electron chi connectivity index (χ2n) is 2.68. The Bertz CT molecular complexity index is 390. The molecule has 0 radical (unpaired) electrons. The number of hydrogen-bond acceptors (Lipinski definition) is 3. The van der Waals surface area contributed by atoms with E-state index in [-0.39, 0.29) is 10.6 Å². The molecule has 1 amide bonds. The molecule has 0 unspecified atom stereocenters. The van der Waals surface area contributed by atoms with Gasteiger partial charge in [0.25, 0.3) is 0 Å². The molecule has 74 valence electrons. The van der Waals surface area contributed by atoms with E-state index in [9.17, 15) is 4.79 Å². The molecule has 0 spiro atoms. The highest BCUT2D eigenvalue weighted by Gasteiger charge is 2.10. The summed E-state index contributed by atoms with van der Waals surface area (Å²) < 4.78 is 0. The first-order valence-electron chi connectivity index (χ1n) is 3.91. The number of anilines is 1. The van der Waals surface area contributed by atoms with Crippen LogP contribution in [0.25, 0.3) is 0 Å². The fourth-order valence-electron chi connectivity index (χ4n) is 1.11. The monoisotopic (exact) mass is 211 g/mol. The molecular formula is C9H10ClN3O. The first kappa shape index (κ1) is 10.5. The van der Waals surface area contributed by atoms with E-state index >= 15 is 0 Å². The van der Waals surface area contributed by atoms with Crippen molar-refractivity contribution < 1.29 is 4.79 Å². The van der Waals surface area contributed by atoms with E-state index in [2.05, 4.69) is 5.32 Å². The number of nitrogens with two attached hydrogens (primary N) is 1. The third-order valence-electron chi connectivity index (χ3n) is 1.83. The molecule has 0 atom stereocenters. The van der Waals surface area contributed by atoms with Gasteiger partial charge in [-0.05, 0) is 12.1 Å². The van der Waals surface area contributed by atoms with Crippen molar-refractivity contribution in [3.63, 3.8) is 0 Å². The fraction of sp³-hybridized carbons (Fsp3) is 0.111. The van der Waals surface area contributed by atoms with Gasteiger partial charge >= 0.3 is 0 Å². The van der Waals surface area contributed by atoms with Gasteiger partial charge in [0.2, 0.25) is 5.91 Å². The van der Waals surface area contributed by atoms with Crippen LogP contribution >= 0.6 is 11.6 Å². The third kappa shape index (κ3) is 1.85. The van der Waals surface area contributed by atoms with Crippen molar-refractivity contribution in [3.8, 4) is 0 Å². The molecule has 0 aliphatic heterocycles. The average molecular weight is 212 g/mol. The number of carbonyl (C=O) groups is 1. The first-order valence-corrected chi connectivity index (χ1v) is 4.29. The molecule has 0 aliphatic carbocycles. The summed E-state index contributed by atoms with van der Waals surface area (Å²) >= 11 is 5.82. The second-order valence-corrected chi connectivity index (χ2v) is 3.09. The highest BCUT2D eigenvalue weighted by molar-refractivity contribution is 6.34. The van der Waals surface area contributed by atoms with Crippen LogP contribution in [0.3, 0.4) is 0 Å². The highest BCUT2D eigenvalue weighted by Crippen LogP contribution is 2.23. The minimum atomic E-state index is -0.597. The molecular weight excluding hydrogens is 202 g/mol. The van der Waals surface area contributed by atoms with Gasteiger partial charge in [-0.25, -0.2) is 0 Å². The summed E-state index contributed by atoms with van der Waals surface area (Å²) in [5.74, 6) is -0.597. The van der Waals surface area contributed by atoms with Crippen LogP contribution < -0.4 is 11.1 Å². The summed E-state index contributed by atoms with van der Waals surface area (Å²) in [5.41, 5.74) is 6.60. The van der Waals surface area contributed by atoms with Crippen molar-refractivity contribution >= 4 is 29.4 Å². The lowest BCUT2D eigenvalue weighted by Crippen LogP contribution is -2.12. The SMILES string of the molecule is CNc1cc(Cl)c(C(N)=O)cc1C=N. The van der Waals surface area contributed by atoms with Crippen molar-refractivity contribution in [2.24, 2.45) is 5.73 Å². The fourth-order valence-corrected chi connectivity index (χ4v) is 1.37. The van der Waals surface area contributed by atoms with Gasteiger partial charge < -0.3 is 16.5 Å². The number of halogens is 1. The van der Waals surface area contributed by atoms with E-state index < -0.39 is 5.91 Å². The van der Waals surface area contributed by atoms with Gasteiger partial charge in [-0.1, -0.05) is 11.6 Å². The van der Waals surface area contributed by atoms with Gasteiger partial charge in [-0.2, -0.15) is 0 Å². The number of rotatable bonds is 3. The van der Waals surface area contributed by atoms with Crippen LogP contribution in [0.15, 0.2) is 12.1 Å². The maximum Gasteiger partial charge on any atom is 0.250 e. The van der Waals surface area contributed by atoms with Crippen LogP contribution in [0.1, 0.15) is 15.9 Å². The lowest BCUT2D eigenvalue weighted by molar-refractivity contribution is 0.100. The van der Waals surface area contributed by atoms with Crippen molar-refractivity contribution in [2.75, 3.05) is 12.4 Å². The molecule has 1 aromatic carbocycles. The largest absolute Gasteiger partial charge is 0.388 e. The summed E-state index contributed by atoms with van der Waals surface area (Å²) in [7, 11) is 1.71. The maximum atomic E-state index is 10.9. The second kappa shape index (κ2) is 4.11. The molecule has 4 nitrogen and oxygen atoms in total. The van der Waals surface area contributed by atoms with E-state index in [0.29, 0.717) is 11.3 Å². The van der Waals surface area contributed by atoms with Crippen LogP contribution in [0.2, 0.25) is 5.02 Å². The van der Waals surface area contributed by atoms with Crippen molar-refractivity contribution in [1.82, 2.24) is 0 Å². The predicted molar refractivity (Wildman–Crippen MR) is 57.4 cm³/mol. The Kier molecular flexibility index (Phi) is 3.09. The lowest BCUT2D eigenvalue weighted by atomic mass is 10.1. The molecule has 0 saturated carbocycles. The zero-order valence-electron chi connectivity index (χ0n) is 7.60. The lowest BCUT2D eigenvalue weighted by Gasteiger charge is -2.07. The number of nitrogens with one attached hydrogen (secondary N) is 2. The Morgan fingerprint density at radius 2 is 2.29 bits per heavy atom. The standard InChI is InChI=1S/C9H10ClN3O/c1-13-8-3-7(10)6(9(12)14)2-5(8)4-11/h2-4,11,13H,1H3,(H2,12,14). The van der Waals surface area contributed by atoms with Gasteiger partial charge in [0, 0.05) is 24.5 Å². The molecule has 0 bridgehead atoms. The minimum absolute atomic E-state index is 0.226. The normalized spacial score (nSPS) is 9.57. The van der Waals surface area contributed by atoms with Crippen LogP contribution in [0.4, 0.5) is 5.69 Å². The number of primary amides is 1. The highest BCUT2D eigenvalue weighted by atomic mass is 35.5. The average Bonchev–Trinajstić information content (AvgIpc) is 2.16. The van der Waals surface area contributed by atoms with Gasteiger partial charge in [0.05, 0.1) is 10.6 Å². The molecule has 0 saturated heterocycles. The zero-order valence-corrected chi connectivity index (χ0v) is 8.35. The molecule has 5 heteroatoms. The van der Waals surface area contributed by atoms with E-state index in [1.165, 1.54) is 6.07 Å². The number of hydrogen-bond donors (Lipinski definition) is 3. The Hall–Kier alpha value is -1.55. The Labute approximate surface area is 86.6 Å². The van der Waals surface area contributed by atoms with Crippen molar-refractivity contribution in [1.29, 1.82) is 5.41 Å². The van der Waals surface area contributed by atoms with Gasteiger partial charge in [0.1, 0.15) is 0 Å². The maximum absolute atomic E-state index is 10.9. The van der Waals surface area contributed by atoms with Gasteiger partial charge in [-0.3, -0.25) is 4.79 Å². The van der Waals surface area contributed by atoms with E-state index in [1.54, 1.807) is 13.1 Å². The topological polar surface area (TPSA) is 79.0 Å². The van der Waals surface area contributed by atoms with Crippen molar-refractivity contribution in [3.05, 3.63) is 28.3 Å². The summed E-state index contributed by atoms with van der Waals surface area (Å²) in [5, 5.41) is 10.3. The quantitative estimate of drug-likeness (QED) is 0.662. The van der Waals surface area contributed by atoms with E-state index in [4.69, 9.17) is 22.7 Å². The predicted octanol–water partition coefficient (Wildman–Crippen LogP) is 1.48. The van der Waals surface area contributed by atoms with E-state index in [1.807, 2.05) is 0 Å². The van der Waals surface area contributed by atoms with Crippen LogP contribution in [-0.2, 0) is 0 Å². The van der Waals surface area contributed by atoms with Gasteiger partial charge in [-0.15, -0.1) is 0 Å². The Morgan fingerprint density at radius 1 is 1.64 bits per heavy atom. The van der Waals surface area contributed by atoms with Crippen LogP contribution in [0.5, 0.6) is 0 Å². The van der Waals surface area contributed by atoms with Crippen LogP contribution in [-0.4, -0.2) is 19.2 Å². The zero-order chi connectivity index (χ0) is 10.7. The third-order valence-corrected chi connectivity index (χ3v) is 2.14. The first-order chi connectivity index (χ1) is 6.60. The molecule has 1 rings (SSSR count). The minimum Gasteiger partial charge on any atom is -0.388 e. The summed E-state index contributed by atoms with van der Waals surface area (Å²) in [6, 6.07) is 3.06. The summed E-state index contributed by atoms with van der Waals surface area (Å²) in [6.07, 6.45) is 1.13. The van der Waals surface area contributed by atoms with E-state index in [0.717, 1.165) is 6.21 Å². The number of benzene rings is 1. The smallest absolute Gasteiger partial charge is 0.250 e. The molecule has 4 N–H and O–H groups in total. The summed E-state index contributed by atoms with van der Waals surface area (Å²) in [4.78, 5) is 10.9.